The quantitative estimate of drug-likeness (QED) is 0.257. The molecule has 2 unspecified atom stereocenters. The largest absolute Gasteiger partial charge is 0.250 e. The number of unbranched alkanes of at least 4 members (excludes halogenated alkanes) is 7. The van der Waals surface area contributed by atoms with E-state index in [-0.39, 0.29) is 0 Å². The number of nitrogens with one attached hydrogen (secondary N) is 1. The van der Waals surface area contributed by atoms with Crippen molar-refractivity contribution in [2.45, 2.75) is 96.9 Å². The summed E-state index contributed by atoms with van der Waals surface area (Å²) >= 11 is 0. The summed E-state index contributed by atoms with van der Waals surface area (Å²) in [6, 6.07) is 11.7. The van der Waals surface area contributed by atoms with E-state index >= 15 is 0 Å². The fraction of sp³-hybridized carbons (Fsp3) is 0.640. The Kier molecular flexibility index (Phi) is 10.9. The summed E-state index contributed by atoms with van der Waals surface area (Å²) in [5, 5.41) is 0. The summed E-state index contributed by atoms with van der Waals surface area (Å²) in [6.07, 6.45) is 22.7. The van der Waals surface area contributed by atoms with Crippen LogP contribution in [0.3, 0.4) is 0 Å². The van der Waals surface area contributed by atoms with E-state index < -0.39 is 0 Å². The van der Waals surface area contributed by atoms with Crippen LogP contribution in [0.4, 0.5) is 0 Å². The molecule has 0 fully saturated rings. The second-order valence-electron chi connectivity index (χ2n) is 8.13. The van der Waals surface area contributed by atoms with Crippen molar-refractivity contribution in [3.8, 4) is 0 Å². The maximum Gasteiger partial charge on any atom is 0.241 e. The molecule has 2 heteroatoms. The van der Waals surface area contributed by atoms with Crippen molar-refractivity contribution in [3.05, 3.63) is 54.6 Å². The van der Waals surface area contributed by atoms with Gasteiger partial charge in [-0.2, -0.15) is 0 Å². The normalized spacial score (nSPS) is 13.6. The number of aromatic nitrogens is 2. The molecule has 0 radical (unpaired) electrons. The molecule has 2 rings (SSSR count). The molecular weight excluding hydrogens is 328 g/mol. The van der Waals surface area contributed by atoms with Gasteiger partial charge in [-0.05, 0) is 24.8 Å². The van der Waals surface area contributed by atoms with Crippen molar-refractivity contribution >= 4 is 0 Å². The first-order valence-electron chi connectivity index (χ1n) is 11.4. The highest BCUT2D eigenvalue weighted by molar-refractivity contribution is 5.15. The first kappa shape index (κ1) is 21.7. The molecule has 2 atom stereocenters. The Morgan fingerprint density at radius 2 is 1.52 bits per heavy atom. The standard InChI is InChI=1S/C25H40N2/c1-3-5-6-7-8-9-10-14-18-24(21-23-16-12-11-13-17-23)25(15-4-2)27-20-19-26-22-27/h11-13,16-17,19-20,22,24-25H,3-10,14-15,18,21H2,1-2H3/p+1. The number of nitrogens with zero attached hydrogens (tertiary/aromatic N) is 1. The summed E-state index contributed by atoms with van der Waals surface area (Å²) in [6.45, 7) is 4.61. The maximum atomic E-state index is 3.25. The second-order valence-corrected chi connectivity index (χ2v) is 8.13. The number of H-pyrrole nitrogens is 1. The van der Waals surface area contributed by atoms with Gasteiger partial charge in [-0.3, -0.25) is 4.98 Å². The molecule has 0 saturated carbocycles. The number of imidazole rings is 1. The van der Waals surface area contributed by atoms with Crippen LogP contribution in [0.2, 0.25) is 0 Å². The average Bonchev–Trinajstić information content (AvgIpc) is 3.22. The highest BCUT2D eigenvalue weighted by Crippen LogP contribution is 2.28. The van der Waals surface area contributed by atoms with Crippen molar-refractivity contribution in [2.75, 3.05) is 0 Å². The fourth-order valence-electron chi connectivity index (χ4n) is 4.32. The predicted molar refractivity (Wildman–Crippen MR) is 116 cm³/mol. The number of hydrogen-bond acceptors (Lipinski definition) is 0. The average molecular weight is 370 g/mol. The smallest absolute Gasteiger partial charge is 0.241 e. The lowest BCUT2D eigenvalue weighted by Crippen LogP contribution is -2.42. The Hall–Kier alpha value is -1.57. The van der Waals surface area contributed by atoms with Crippen LogP contribution < -0.4 is 4.57 Å². The molecule has 0 aliphatic rings. The lowest BCUT2D eigenvalue weighted by molar-refractivity contribution is -0.730. The van der Waals surface area contributed by atoms with Gasteiger partial charge in [0, 0.05) is 5.92 Å². The Bertz CT molecular complexity index is 561. The summed E-state index contributed by atoms with van der Waals surface area (Å²) in [4.78, 5) is 3.25. The van der Waals surface area contributed by atoms with Crippen molar-refractivity contribution in [3.63, 3.8) is 0 Å². The van der Waals surface area contributed by atoms with Crippen LogP contribution in [0.15, 0.2) is 49.1 Å². The first-order chi connectivity index (χ1) is 13.3. The first-order valence-corrected chi connectivity index (χ1v) is 11.4. The van der Waals surface area contributed by atoms with Gasteiger partial charge in [-0.15, -0.1) is 0 Å². The lowest BCUT2D eigenvalue weighted by Gasteiger charge is -2.25. The van der Waals surface area contributed by atoms with Crippen molar-refractivity contribution in [1.29, 1.82) is 0 Å². The Morgan fingerprint density at radius 3 is 2.15 bits per heavy atom. The highest BCUT2D eigenvalue weighted by Gasteiger charge is 2.26. The maximum absolute atomic E-state index is 3.25. The van der Waals surface area contributed by atoms with Crippen LogP contribution in [0.1, 0.15) is 96.1 Å². The zero-order valence-electron chi connectivity index (χ0n) is 17.7. The van der Waals surface area contributed by atoms with E-state index in [9.17, 15) is 0 Å². The van der Waals surface area contributed by atoms with Gasteiger partial charge in [0.1, 0.15) is 18.4 Å². The zero-order chi connectivity index (χ0) is 19.2. The topological polar surface area (TPSA) is 19.7 Å². The minimum atomic E-state index is 0.603. The molecule has 1 N–H and O–H groups in total. The molecule has 0 saturated heterocycles. The molecule has 0 bridgehead atoms. The molecule has 0 amide bonds. The number of benzene rings is 1. The lowest BCUT2D eigenvalue weighted by atomic mass is 9.85. The van der Waals surface area contributed by atoms with Gasteiger partial charge in [0.15, 0.2) is 0 Å². The summed E-state index contributed by atoms with van der Waals surface area (Å²) in [7, 11) is 0. The van der Waals surface area contributed by atoms with Gasteiger partial charge in [-0.25, -0.2) is 4.57 Å². The van der Waals surface area contributed by atoms with Gasteiger partial charge >= 0.3 is 0 Å². The zero-order valence-corrected chi connectivity index (χ0v) is 17.7. The van der Waals surface area contributed by atoms with E-state index in [2.05, 4.69) is 72.5 Å². The molecule has 27 heavy (non-hydrogen) atoms. The molecule has 1 aromatic carbocycles. The predicted octanol–water partition coefficient (Wildman–Crippen LogP) is 7.03. The minimum Gasteiger partial charge on any atom is -0.250 e. The molecule has 150 valence electrons. The van der Waals surface area contributed by atoms with Crippen molar-refractivity contribution in [2.24, 2.45) is 5.92 Å². The number of aromatic amines is 1. The van der Waals surface area contributed by atoms with E-state index in [1.165, 1.54) is 82.6 Å². The van der Waals surface area contributed by atoms with Gasteiger partial charge < -0.3 is 0 Å². The van der Waals surface area contributed by atoms with Crippen LogP contribution in [0.5, 0.6) is 0 Å². The van der Waals surface area contributed by atoms with E-state index in [0.717, 1.165) is 0 Å². The molecule has 0 aliphatic carbocycles. The van der Waals surface area contributed by atoms with E-state index in [4.69, 9.17) is 0 Å². The summed E-state index contributed by atoms with van der Waals surface area (Å²) in [5.41, 5.74) is 1.49. The highest BCUT2D eigenvalue weighted by atomic mass is 15.1. The van der Waals surface area contributed by atoms with Gasteiger partial charge in [0.2, 0.25) is 6.33 Å². The third kappa shape index (κ3) is 8.32. The van der Waals surface area contributed by atoms with Gasteiger partial charge in [-0.1, -0.05) is 102 Å². The fourth-order valence-corrected chi connectivity index (χ4v) is 4.32. The summed E-state index contributed by atoms with van der Waals surface area (Å²) < 4.78 is 2.42. The number of hydrogen-bond donors (Lipinski definition) is 1. The molecule has 2 aromatic rings. The van der Waals surface area contributed by atoms with E-state index in [1.807, 2.05) is 0 Å². The third-order valence-electron chi connectivity index (χ3n) is 5.85. The van der Waals surface area contributed by atoms with E-state index in [0.29, 0.717) is 12.0 Å². The SMILES string of the molecule is CCCCCCCCCCC(Cc1ccccc1)C(CCC)[n+]1cc[nH]c1. The number of rotatable bonds is 15. The molecule has 0 aliphatic heterocycles. The third-order valence-corrected chi connectivity index (χ3v) is 5.85. The van der Waals surface area contributed by atoms with Crippen LogP contribution in [0.25, 0.3) is 0 Å². The van der Waals surface area contributed by atoms with Gasteiger partial charge in [0.05, 0.1) is 0 Å². The van der Waals surface area contributed by atoms with Crippen LogP contribution in [-0.4, -0.2) is 4.98 Å². The molecule has 1 heterocycles. The minimum absolute atomic E-state index is 0.603. The van der Waals surface area contributed by atoms with Crippen molar-refractivity contribution in [1.82, 2.24) is 4.98 Å². The van der Waals surface area contributed by atoms with Gasteiger partial charge in [0.25, 0.3) is 0 Å². The Balaban J connectivity index is 1.89. The Morgan fingerprint density at radius 1 is 0.815 bits per heavy atom. The van der Waals surface area contributed by atoms with Crippen LogP contribution in [0, 0.1) is 5.92 Å². The van der Waals surface area contributed by atoms with Crippen molar-refractivity contribution < 1.29 is 4.57 Å². The molecule has 2 nitrogen and oxygen atoms in total. The second kappa shape index (κ2) is 13.6. The van der Waals surface area contributed by atoms with E-state index in [1.54, 1.807) is 0 Å². The summed E-state index contributed by atoms with van der Waals surface area (Å²) in [5.74, 6) is 0.716. The molecule has 1 aromatic heterocycles. The molecular formula is C25H41N2+. The monoisotopic (exact) mass is 369 g/mol. The molecule has 0 spiro atoms. The van der Waals surface area contributed by atoms with Crippen LogP contribution in [-0.2, 0) is 6.42 Å². The van der Waals surface area contributed by atoms with Crippen LogP contribution >= 0.6 is 0 Å². The Labute approximate surface area is 167 Å².